The highest BCUT2D eigenvalue weighted by molar-refractivity contribution is 5.94. The van der Waals surface area contributed by atoms with Gasteiger partial charge in [-0.15, -0.1) is 0 Å². The lowest BCUT2D eigenvalue weighted by atomic mass is 10.1. The van der Waals surface area contributed by atoms with Crippen molar-refractivity contribution in [2.45, 2.75) is 6.54 Å². The molecule has 0 radical (unpaired) electrons. The van der Waals surface area contributed by atoms with E-state index in [9.17, 15) is 4.79 Å². The van der Waals surface area contributed by atoms with E-state index in [1.54, 1.807) is 30.3 Å². The Hall–Kier alpha value is -3.79. The van der Waals surface area contributed by atoms with E-state index >= 15 is 0 Å². The molecule has 0 saturated heterocycles. The van der Waals surface area contributed by atoms with Crippen molar-refractivity contribution < 1.29 is 18.8 Å². The van der Waals surface area contributed by atoms with E-state index in [0.29, 0.717) is 34.1 Å². The van der Waals surface area contributed by atoms with Gasteiger partial charge in [0.25, 0.3) is 5.91 Å². The van der Waals surface area contributed by atoms with Crippen molar-refractivity contribution in [3.8, 4) is 28.9 Å². The van der Waals surface area contributed by atoms with Crippen molar-refractivity contribution in [3.63, 3.8) is 0 Å². The molecule has 128 valence electrons. The van der Waals surface area contributed by atoms with Gasteiger partial charge in [0.05, 0.1) is 18.2 Å². The molecular formula is C19H13N3O4. The normalized spacial score (nSPS) is 11.8. The van der Waals surface area contributed by atoms with Gasteiger partial charge in [-0.2, -0.15) is 5.26 Å². The van der Waals surface area contributed by atoms with Crippen LogP contribution in [0.3, 0.4) is 0 Å². The van der Waals surface area contributed by atoms with Crippen molar-refractivity contribution in [2.24, 2.45) is 0 Å². The van der Waals surface area contributed by atoms with Crippen LogP contribution in [0.4, 0.5) is 0 Å². The molecule has 0 spiro atoms. The van der Waals surface area contributed by atoms with Crippen LogP contribution in [0, 0.1) is 11.3 Å². The fourth-order valence-electron chi connectivity index (χ4n) is 2.55. The van der Waals surface area contributed by atoms with Crippen LogP contribution in [0.1, 0.15) is 21.6 Å². The average molecular weight is 347 g/mol. The van der Waals surface area contributed by atoms with Crippen LogP contribution in [0.2, 0.25) is 0 Å². The first-order valence-electron chi connectivity index (χ1n) is 7.87. The first kappa shape index (κ1) is 15.7. The molecule has 4 rings (SSSR count). The molecule has 2 heterocycles. The van der Waals surface area contributed by atoms with Crippen LogP contribution < -0.4 is 14.8 Å². The van der Waals surface area contributed by atoms with Crippen molar-refractivity contribution in [2.75, 3.05) is 6.79 Å². The quantitative estimate of drug-likeness (QED) is 0.779. The number of carbonyl (C=O) groups excluding carboxylic acids is 1. The van der Waals surface area contributed by atoms with Crippen LogP contribution in [0.5, 0.6) is 11.5 Å². The number of nitrogens with one attached hydrogen (secondary N) is 1. The van der Waals surface area contributed by atoms with E-state index in [1.165, 1.54) is 0 Å². The van der Waals surface area contributed by atoms with Crippen LogP contribution >= 0.6 is 0 Å². The summed E-state index contributed by atoms with van der Waals surface area (Å²) in [7, 11) is 0. The summed E-state index contributed by atoms with van der Waals surface area (Å²) in [5, 5.41) is 15.5. The minimum absolute atomic E-state index is 0.210. The van der Waals surface area contributed by atoms with Gasteiger partial charge in [-0.25, -0.2) is 0 Å². The molecule has 1 aliphatic rings. The third-order valence-electron chi connectivity index (χ3n) is 3.92. The van der Waals surface area contributed by atoms with E-state index in [2.05, 4.69) is 10.5 Å². The van der Waals surface area contributed by atoms with E-state index < -0.39 is 0 Å². The van der Waals surface area contributed by atoms with Gasteiger partial charge in [0.2, 0.25) is 6.79 Å². The van der Waals surface area contributed by atoms with Crippen LogP contribution in [-0.2, 0) is 6.54 Å². The molecule has 1 N–H and O–H groups in total. The number of amides is 1. The molecule has 1 amide bonds. The van der Waals surface area contributed by atoms with E-state index in [-0.39, 0.29) is 19.2 Å². The lowest BCUT2D eigenvalue weighted by Crippen LogP contribution is -2.22. The summed E-state index contributed by atoms with van der Waals surface area (Å²) in [6.07, 6.45) is 0. The van der Waals surface area contributed by atoms with Gasteiger partial charge in [-0.1, -0.05) is 5.16 Å². The van der Waals surface area contributed by atoms with Crippen molar-refractivity contribution >= 4 is 5.91 Å². The Morgan fingerprint density at radius 2 is 1.92 bits per heavy atom. The average Bonchev–Trinajstić information content (AvgIpc) is 3.34. The number of carbonyl (C=O) groups is 1. The molecule has 0 unspecified atom stereocenters. The molecular weight excluding hydrogens is 334 g/mol. The fraction of sp³-hybridized carbons (Fsp3) is 0.105. The zero-order valence-electron chi connectivity index (χ0n) is 13.6. The molecule has 7 nitrogen and oxygen atoms in total. The number of rotatable bonds is 4. The SMILES string of the molecule is N#Cc1ccc(C(=O)NCc2cc(-c3ccc4c(c3)OCO4)on2)cc1. The second-order valence-corrected chi connectivity index (χ2v) is 5.62. The Bertz CT molecular complexity index is 1000. The third-order valence-corrected chi connectivity index (χ3v) is 3.92. The second kappa shape index (κ2) is 6.61. The van der Waals surface area contributed by atoms with Gasteiger partial charge in [-0.05, 0) is 42.5 Å². The maximum Gasteiger partial charge on any atom is 0.251 e. The first-order valence-corrected chi connectivity index (χ1v) is 7.87. The minimum atomic E-state index is -0.248. The van der Waals surface area contributed by atoms with Gasteiger partial charge in [0, 0.05) is 17.2 Å². The second-order valence-electron chi connectivity index (χ2n) is 5.62. The van der Waals surface area contributed by atoms with Crippen LogP contribution in [-0.4, -0.2) is 17.9 Å². The van der Waals surface area contributed by atoms with Gasteiger partial charge in [0.1, 0.15) is 5.69 Å². The molecule has 2 aromatic carbocycles. The predicted octanol–water partition coefficient (Wildman–Crippen LogP) is 2.87. The summed E-state index contributed by atoms with van der Waals surface area (Å²) in [4.78, 5) is 12.1. The molecule has 3 aromatic rings. The first-order chi connectivity index (χ1) is 12.7. The smallest absolute Gasteiger partial charge is 0.251 e. The standard InChI is InChI=1S/C19H13N3O4/c20-9-12-1-3-13(4-2-12)19(23)21-10-15-8-17(26-22-15)14-5-6-16-18(7-14)25-11-24-16/h1-8H,10-11H2,(H,21,23). The number of nitriles is 1. The van der Waals surface area contributed by atoms with Gasteiger partial charge >= 0.3 is 0 Å². The summed E-state index contributed by atoms with van der Waals surface area (Å²) in [6, 6.07) is 15.7. The Kier molecular flexibility index (Phi) is 4.00. The number of aromatic nitrogens is 1. The summed E-state index contributed by atoms with van der Waals surface area (Å²) in [5.74, 6) is 1.69. The highest BCUT2D eigenvalue weighted by Crippen LogP contribution is 2.35. The number of fused-ring (bicyclic) bond motifs is 1. The largest absolute Gasteiger partial charge is 0.454 e. The minimum Gasteiger partial charge on any atom is -0.454 e. The lowest BCUT2D eigenvalue weighted by molar-refractivity contribution is 0.0950. The zero-order chi connectivity index (χ0) is 17.9. The van der Waals surface area contributed by atoms with E-state index in [0.717, 1.165) is 5.56 Å². The highest BCUT2D eigenvalue weighted by Gasteiger charge is 2.16. The summed E-state index contributed by atoms with van der Waals surface area (Å²) < 4.78 is 16.0. The zero-order valence-corrected chi connectivity index (χ0v) is 13.6. The van der Waals surface area contributed by atoms with Crippen molar-refractivity contribution in [1.29, 1.82) is 5.26 Å². The molecule has 1 aromatic heterocycles. The van der Waals surface area contributed by atoms with Crippen molar-refractivity contribution in [1.82, 2.24) is 10.5 Å². The number of nitrogens with zero attached hydrogens (tertiary/aromatic N) is 2. The molecule has 1 aliphatic heterocycles. The number of hydrogen-bond acceptors (Lipinski definition) is 6. The number of ether oxygens (including phenoxy) is 2. The molecule has 0 aliphatic carbocycles. The molecule has 7 heteroatoms. The summed E-state index contributed by atoms with van der Waals surface area (Å²) >= 11 is 0. The number of benzene rings is 2. The lowest BCUT2D eigenvalue weighted by Gasteiger charge is -2.02. The Morgan fingerprint density at radius 1 is 1.12 bits per heavy atom. The van der Waals surface area contributed by atoms with E-state index in [4.69, 9.17) is 19.3 Å². The Morgan fingerprint density at radius 3 is 2.73 bits per heavy atom. The predicted molar refractivity (Wildman–Crippen MR) is 90.4 cm³/mol. The van der Waals surface area contributed by atoms with Crippen LogP contribution in [0.25, 0.3) is 11.3 Å². The monoisotopic (exact) mass is 347 g/mol. The Balaban J connectivity index is 1.42. The Labute approximate surface area is 148 Å². The topological polar surface area (TPSA) is 97.4 Å². The highest BCUT2D eigenvalue weighted by atomic mass is 16.7. The third kappa shape index (κ3) is 3.08. The molecule has 0 fully saturated rings. The summed E-state index contributed by atoms with van der Waals surface area (Å²) in [6.45, 7) is 0.439. The van der Waals surface area contributed by atoms with Crippen LogP contribution in [0.15, 0.2) is 53.1 Å². The molecule has 0 bridgehead atoms. The molecule has 26 heavy (non-hydrogen) atoms. The van der Waals surface area contributed by atoms with Crippen molar-refractivity contribution in [3.05, 3.63) is 65.4 Å². The molecule has 0 saturated carbocycles. The summed E-state index contributed by atoms with van der Waals surface area (Å²) in [5.41, 5.74) is 2.39. The molecule has 0 atom stereocenters. The van der Waals surface area contributed by atoms with Gasteiger partial charge in [-0.3, -0.25) is 4.79 Å². The number of hydrogen-bond donors (Lipinski definition) is 1. The van der Waals surface area contributed by atoms with Gasteiger partial charge < -0.3 is 19.3 Å². The maximum absolute atomic E-state index is 12.1. The fourth-order valence-corrected chi connectivity index (χ4v) is 2.55. The van der Waals surface area contributed by atoms with Gasteiger partial charge in [0.15, 0.2) is 17.3 Å². The van der Waals surface area contributed by atoms with E-state index in [1.807, 2.05) is 24.3 Å². The maximum atomic E-state index is 12.1.